The fourth-order valence-corrected chi connectivity index (χ4v) is 1.84. The molecule has 16 heavy (non-hydrogen) atoms. The Labute approximate surface area is 94.5 Å². The van der Waals surface area contributed by atoms with Crippen molar-refractivity contribution in [1.82, 2.24) is 4.98 Å². The topological polar surface area (TPSA) is 56.0 Å². The highest BCUT2D eigenvalue weighted by Gasteiger charge is 2.35. The summed E-state index contributed by atoms with van der Waals surface area (Å²) in [5.41, 5.74) is 5.24. The molecule has 90 valence electrons. The lowest BCUT2D eigenvalue weighted by atomic mass is 10.1. The summed E-state index contributed by atoms with van der Waals surface area (Å²) in [6.45, 7) is 0.476. The maximum absolute atomic E-state index is 12.2. The number of alkyl halides is 3. The van der Waals surface area contributed by atoms with Crippen LogP contribution in [0.3, 0.4) is 0 Å². The number of Topliss-reactive ketones (excluding diaryl/α,β-unsaturated/α-hetero) is 1. The van der Waals surface area contributed by atoms with Crippen molar-refractivity contribution in [3.63, 3.8) is 0 Å². The SMILES string of the molecule is NCCCCC(=O)c1cnc(C(F)(F)F)s1. The average Bonchev–Trinajstić information content (AvgIpc) is 2.66. The Hall–Kier alpha value is -0.950. The summed E-state index contributed by atoms with van der Waals surface area (Å²) in [4.78, 5) is 14.7. The van der Waals surface area contributed by atoms with E-state index in [-0.39, 0.29) is 17.1 Å². The number of halogens is 3. The molecule has 3 nitrogen and oxygen atoms in total. The molecule has 0 saturated heterocycles. The lowest BCUT2D eigenvalue weighted by molar-refractivity contribution is -0.137. The van der Waals surface area contributed by atoms with Gasteiger partial charge >= 0.3 is 6.18 Å². The minimum atomic E-state index is -4.47. The molecule has 1 aromatic rings. The maximum atomic E-state index is 12.2. The van der Waals surface area contributed by atoms with Gasteiger partial charge in [0.2, 0.25) is 0 Å². The van der Waals surface area contributed by atoms with Crippen molar-refractivity contribution >= 4 is 17.1 Å². The van der Waals surface area contributed by atoms with Gasteiger partial charge in [-0.1, -0.05) is 0 Å². The fraction of sp³-hybridized carbons (Fsp3) is 0.556. The zero-order chi connectivity index (χ0) is 12.2. The van der Waals surface area contributed by atoms with E-state index < -0.39 is 11.2 Å². The van der Waals surface area contributed by atoms with Crippen LogP contribution in [0.4, 0.5) is 13.2 Å². The Bertz CT molecular complexity index is 362. The number of thiazole rings is 1. The Kier molecular flexibility index (Phi) is 4.43. The van der Waals surface area contributed by atoms with Crippen molar-refractivity contribution < 1.29 is 18.0 Å². The standard InChI is InChI=1S/C9H11F3N2OS/c10-9(11,12)8-14-5-7(16-8)6(15)3-1-2-4-13/h5H,1-4,13H2. The van der Waals surface area contributed by atoms with Crippen LogP contribution in [0.25, 0.3) is 0 Å². The number of aromatic nitrogens is 1. The highest BCUT2D eigenvalue weighted by Crippen LogP contribution is 2.32. The summed E-state index contributed by atoms with van der Waals surface area (Å²) in [5, 5.41) is -0.977. The fourth-order valence-electron chi connectivity index (χ4n) is 1.09. The highest BCUT2D eigenvalue weighted by atomic mass is 32.1. The van der Waals surface area contributed by atoms with Gasteiger partial charge in [0.1, 0.15) is 0 Å². The first kappa shape index (κ1) is 13.1. The number of carbonyl (C=O) groups is 1. The molecule has 0 atom stereocenters. The zero-order valence-corrected chi connectivity index (χ0v) is 9.20. The van der Waals surface area contributed by atoms with Crippen LogP contribution in [0, 0.1) is 0 Å². The predicted octanol–water partition coefficient (Wildman–Crippen LogP) is 2.47. The third kappa shape index (κ3) is 3.57. The number of nitrogens with zero attached hydrogens (tertiary/aromatic N) is 1. The first-order valence-corrected chi connectivity index (χ1v) is 5.53. The molecule has 0 bridgehead atoms. The maximum Gasteiger partial charge on any atom is 0.443 e. The van der Waals surface area contributed by atoms with Crippen molar-refractivity contribution in [2.24, 2.45) is 5.73 Å². The van der Waals surface area contributed by atoms with E-state index in [4.69, 9.17) is 5.73 Å². The van der Waals surface area contributed by atoms with Gasteiger partial charge in [0.25, 0.3) is 0 Å². The summed E-state index contributed by atoms with van der Waals surface area (Å²) in [6, 6.07) is 0. The second kappa shape index (κ2) is 5.40. The van der Waals surface area contributed by atoms with Crippen LogP contribution in [0.5, 0.6) is 0 Å². The van der Waals surface area contributed by atoms with Crippen LogP contribution in [0.15, 0.2) is 6.20 Å². The third-order valence-electron chi connectivity index (χ3n) is 1.88. The van der Waals surface area contributed by atoms with Gasteiger partial charge in [0.05, 0.1) is 4.88 Å². The molecule has 0 aliphatic heterocycles. The predicted molar refractivity (Wildman–Crippen MR) is 54.4 cm³/mol. The van der Waals surface area contributed by atoms with E-state index in [0.717, 1.165) is 6.20 Å². The van der Waals surface area contributed by atoms with Crippen molar-refractivity contribution in [3.05, 3.63) is 16.1 Å². The summed E-state index contributed by atoms with van der Waals surface area (Å²) >= 11 is 0.389. The molecule has 1 heterocycles. The van der Waals surface area contributed by atoms with E-state index in [1.807, 2.05) is 0 Å². The largest absolute Gasteiger partial charge is 0.443 e. The van der Waals surface area contributed by atoms with E-state index in [1.165, 1.54) is 0 Å². The molecular weight excluding hydrogens is 241 g/mol. The summed E-state index contributed by atoms with van der Waals surface area (Å²) < 4.78 is 36.6. The van der Waals surface area contributed by atoms with Crippen LogP contribution < -0.4 is 5.73 Å². The zero-order valence-electron chi connectivity index (χ0n) is 8.38. The monoisotopic (exact) mass is 252 g/mol. The summed E-state index contributed by atoms with van der Waals surface area (Å²) in [6.07, 6.45) is -1.99. The number of hydrogen-bond donors (Lipinski definition) is 1. The normalized spacial score (nSPS) is 11.8. The molecule has 0 amide bonds. The molecule has 0 saturated carbocycles. The second-order valence-electron chi connectivity index (χ2n) is 3.20. The van der Waals surface area contributed by atoms with Gasteiger partial charge in [-0.3, -0.25) is 4.79 Å². The van der Waals surface area contributed by atoms with Gasteiger partial charge in [0, 0.05) is 12.6 Å². The lowest BCUT2D eigenvalue weighted by Gasteiger charge is -1.99. The highest BCUT2D eigenvalue weighted by molar-refractivity contribution is 7.13. The van der Waals surface area contributed by atoms with Crippen molar-refractivity contribution in [1.29, 1.82) is 0 Å². The molecule has 0 unspecified atom stereocenters. The third-order valence-corrected chi connectivity index (χ3v) is 2.96. The van der Waals surface area contributed by atoms with E-state index in [0.29, 0.717) is 30.7 Å². The smallest absolute Gasteiger partial charge is 0.330 e. The molecule has 2 N–H and O–H groups in total. The molecule has 0 aliphatic carbocycles. The van der Waals surface area contributed by atoms with Crippen molar-refractivity contribution in [2.45, 2.75) is 25.4 Å². The van der Waals surface area contributed by atoms with E-state index >= 15 is 0 Å². The molecule has 7 heteroatoms. The second-order valence-corrected chi connectivity index (χ2v) is 4.23. The van der Waals surface area contributed by atoms with Crippen molar-refractivity contribution in [3.8, 4) is 0 Å². The minimum Gasteiger partial charge on any atom is -0.330 e. The average molecular weight is 252 g/mol. The molecule has 1 aromatic heterocycles. The number of carbonyl (C=O) groups excluding carboxylic acids is 1. The molecule has 1 rings (SSSR count). The van der Waals surface area contributed by atoms with Crippen LogP contribution >= 0.6 is 11.3 Å². The Morgan fingerprint density at radius 3 is 2.62 bits per heavy atom. The van der Waals surface area contributed by atoms with E-state index in [1.54, 1.807) is 0 Å². The van der Waals surface area contributed by atoms with Gasteiger partial charge in [-0.2, -0.15) is 13.2 Å². The Morgan fingerprint density at radius 1 is 1.44 bits per heavy atom. The van der Waals surface area contributed by atoms with Crippen LogP contribution in [-0.4, -0.2) is 17.3 Å². The number of nitrogens with two attached hydrogens (primary N) is 1. The minimum absolute atomic E-state index is 0.0596. The molecule has 0 aliphatic rings. The molecule has 0 radical (unpaired) electrons. The van der Waals surface area contributed by atoms with E-state index in [2.05, 4.69) is 4.98 Å². The van der Waals surface area contributed by atoms with E-state index in [9.17, 15) is 18.0 Å². The van der Waals surface area contributed by atoms with Crippen LogP contribution in [0.1, 0.15) is 33.9 Å². The molecule has 0 spiro atoms. The van der Waals surface area contributed by atoms with Crippen LogP contribution in [-0.2, 0) is 6.18 Å². The summed E-state index contributed by atoms with van der Waals surface area (Å²) in [5.74, 6) is -0.304. The van der Waals surface area contributed by atoms with Gasteiger partial charge < -0.3 is 5.73 Å². The van der Waals surface area contributed by atoms with Gasteiger partial charge in [0.15, 0.2) is 10.8 Å². The van der Waals surface area contributed by atoms with Gasteiger partial charge in [-0.05, 0) is 19.4 Å². The number of ketones is 1. The summed E-state index contributed by atoms with van der Waals surface area (Å²) in [7, 11) is 0. The first-order valence-electron chi connectivity index (χ1n) is 4.71. The quantitative estimate of drug-likeness (QED) is 0.647. The number of hydrogen-bond acceptors (Lipinski definition) is 4. The van der Waals surface area contributed by atoms with Crippen molar-refractivity contribution in [2.75, 3.05) is 6.54 Å². The lowest BCUT2D eigenvalue weighted by Crippen LogP contribution is -2.03. The van der Waals surface area contributed by atoms with Gasteiger partial charge in [-0.15, -0.1) is 11.3 Å². The van der Waals surface area contributed by atoms with Crippen LogP contribution in [0.2, 0.25) is 0 Å². The molecular formula is C9H11F3N2OS. The number of unbranched alkanes of at least 4 members (excludes halogenated alkanes) is 1. The number of rotatable bonds is 5. The molecule has 0 fully saturated rings. The Morgan fingerprint density at radius 2 is 2.12 bits per heavy atom. The molecule has 0 aromatic carbocycles. The Balaban J connectivity index is 2.60. The van der Waals surface area contributed by atoms with Gasteiger partial charge in [-0.25, -0.2) is 4.98 Å². The first-order chi connectivity index (χ1) is 7.45.